The lowest BCUT2D eigenvalue weighted by Gasteiger charge is -2.36. The quantitative estimate of drug-likeness (QED) is 0.632. The Labute approximate surface area is 182 Å². The SMILES string of the molecule is COc1cccc(-c2ccnc(-n3ncc(C(=O)N4CCN(C(C)C)CC4)c3C)n2)c1. The van der Waals surface area contributed by atoms with E-state index in [0.717, 1.165) is 48.9 Å². The minimum atomic E-state index is 0.0103. The fourth-order valence-electron chi connectivity index (χ4n) is 3.83. The zero-order chi connectivity index (χ0) is 22.0. The van der Waals surface area contributed by atoms with E-state index in [4.69, 9.17) is 4.74 Å². The molecule has 1 aromatic carbocycles. The van der Waals surface area contributed by atoms with Crippen LogP contribution in [-0.2, 0) is 0 Å². The van der Waals surface area contributed by atoms with Crippen LogP contribution in [-0.4, -0.2) is 74.8 Å². The van der Waals surface area contributed by atoms with E-state index in [-0.39, 0.29) is 5.91 Å². The lowest BCUT2D eigenvalue weighted by molar-refractivity contribution is 0.0595. The van der Waals surface area contributed by atoms with Gasteiger partial charge >= 0.3 is 0 Å². The van der Waals surface area contributed by atoms with Gasteiger partial charge in [0.05, 0.1) is 30.3 Å². The molecule has 162 valence electrons. The first-order valence-corrected chi connectivity index (χ1v) is 10.5. The predicted octanol–water partition coefficient (Wildman–Crippen LogP) is 2.81. The molecule has 1 amide bonds. The highest BCUT2D eigenvalue weighted by Gasteiger charge is 2.26. The first-order valence-electron chi connectivity index (χ1n) is 10.5. The summed E-state index contributed by atoms with van der Waals surface area (Å²) in [6.45, 7) is 9.49. The Balaban J connectivity index is 1.56. The van der Waals surface area contributed by atoms with Crippen LogP contribution in [0.3, 0.4) is 0 Å². The van der Waals surface area contributed by atoms with Crippen LogP contribution in [0, 0.1) is 6.92 Å². The first kappa shape index (κ1) is 21.0. The molecule has 3 heterocycles. The molecule has 0 spiro atoms. The minimum absolute atomic E-state index is 0.0103. The van der Waals surface area contributed by atoms with Gasteiger partial charge in [-0.3, -0.25) is 9.69 Å². The zero-order valence-corrected chi connectivity index (χ0v) is 18.4. The summed E-state index contributed by atoms with van der Waals surface area (Å²) in [6.07, 6.45) is 3.32. The van der Waals surface area contributed by atoms with Crippen molar-refractivity contribution in [2.24, 2.45) is 0 Å². The Morgan fingerprint density at radius 3 is 2.61 bits per heavy atom. The molecule has 1 aliphatic heterocycles. The van der Waals surface area contributed by atoms with Crippen molar-refractivity contribution in [2.45, 2.75) is 26.8 Å². The van der Waals surface area contributed by atoms with Gasteiger partial charge in [-0.2, -0.15) is 5.10 Å². The van der Waals surface area contributed by atoms with Crippen LogP contribution in [0.4, 0.5) is 0 Å². The average molecular weight is 421 g/mol. The van der Waals surface area contributed by atoms with E-state index < -0.39 is 0 Å². The Kier molecular flexibility index (Phi) is 5.99. The second-order valence-corrected chi connectivity index (χ2v) is 7.95. The number of rotatable bonds is 5. The lowest BCUT2D eigenvalue weighted by Crippen LogP contribution is -2.50. The Morgan fingerprint density at radius 2 is 1.90 bits per heavy atom. The van der Waals surface area contributed by atoms with Crippen LogP contribution in [0.2, 0.25) is 0 Å². The smallest absolute Gasteiger partial charge is 0.257 e. The molecule has 0 aliphatic carbocycles. The second kappa shape index (κ2) is 8.85. The molecular weight excluding hydrogens is 392 g/mol. The van der Waals surface area contributed by atoms with Crippen molar-refractivity contribution in [3.8, 4) is 23.0 Å². The van der Waals surface area contributed by atoms with Gasteiger partial charge in [0, 0.05) is 44.0 Å². The normalized spacial score (nSPS) is 14.8. The zero-order valence-electron chi connectivity index (χ0n) is 18.4. The van der Waals surface area contributed by atoms with Crippen LogP contribution < -0.4 is 4.74 Å². The average Bonchev–Trinajstić information content (AvgIpc) is 3.20. The van der Waals surface area contributed by atoms with Gasteiger partial charge in [0.2, 0.25) is 0 Å². The van der Waals surface area contributed by atoms with Crippen LogP contribution in [0.1, 0.15) is 29.9 Å². The van der Waals surface area contributed by atoms with E-state index >= 15 is 0 Å². The summed E-state index contributed by atoms with van der Waals surface area (Å²) in [4.78, 5) is 26.4. The third-order valence-corrected chi connectivity index (χ3v) is 5.77. The van der Waals surface area contributed by atoms with Gasteiger partial charge in [-0.1, -0.05) is 12.1 Å². The molecule has 4 rings (SSSR count). The predicted molar refractivity (Wildman–Crippen MR) is 118 cm³/mol. The summed E-state index contributed by atoms with van der Waals surface area (Å²) in [5, 5.41) is 4.42. The number of hydrogen-bond acceptors (Lipinski definition) is 6. The summed E-state index contributed by atoms with van der Waals surface area (Å²) >= 11 is 0. The van der Waals surface area contributed by atoms with Gasteiger partial charge < -0.3 is 9.64 Å². The van der Waals surface area contributed by atoms with Gasteiger partial charge in [-0.05, 0) is 39.0 Å². The van der Waals surface area contributed by atoms with Gasteiger partial charge in [0.25, 0.3) is 11.9 Å². The molecule has 8 heteroatoms. The standard InChI is InChI=1S/C23H28N6O2/c1-16(2)27-10-12-28(13-11-27)22(30)20-15-25-29(17(20)3)23-24-9-8-21(26-23)18-6-5-7-19(14-18)31-4/h5-9,14-16H,10-13H2,1-4H3. The van der Waals surface area contributed by atoms with Gasteiger partial charge in [0.1, 0.15) is 5.75 Å². The van der Waals surface area contributed by atoms with E-state index in [1.807, 2.05) is 42.2 Å². The molecule has 3 aromatic rings. The maximum Gasteiger partial charge on any atom is 0.257 e. The number of amides is 1. The summed E-state index contributed by atoms with van der Waals surface area (Å²) in [5.74, 6) is 1.20. The molecule has 2 aromatic heterocycles. The number of hydrogen-bond donors (Lipinski definition) is 0. The Morgan fingerprint density at radius 1 is 1.13 bits per heavy atom. The lowest BCUT2D eigenvalue weighted by atomic mass is 10.1. The number of carbonyl (C=O) groups is 1. The summed E-state index contributed by atoms with van der Waals surface area (Å²) in [5.41, 5.74) is 3.01. The van der Waals surface area contributed by atoms with E-state index in [2.05, 4.69) is 33.8 Å². The van der Waals surface area contributed by atoms with Gasteiger partial charge in [-0.15, -0.1) is 0 Å². The van der Waals surface area contributed by atoms with Crippen LogP contribution in [0.25, 0.3) is 17.2 Å². The van der Waals surface area contributed by atoms with E-state index in [9.17, 15) is 4.79 Å². The highest BCUT2D eigenvalue weighted by molar-refractivity contribution is 5.95. The Hall–Kier alpha value is -3.26. The van der Waals surface area contributed by atoms with Gasteiger partial charge in [-0.25, -0.2) is 14.6 Å². The van der Waals surface area contributed by atoms with E-state index in [1.54, 1.807) is 24.2 Å². The number of carbonyl (C=O) groups excluding carboxylic acids is 1. The third-order valence-electron chi connectivity index (χ3n) is 5.77. The summed E-state index contributed by atoms with van der Waals surface area (Å²) < 4.78 is 6.94. The fourth-order valence-corrected chi connectivity index (χ4v) is 3.83. The van der Waals surface area contributed by atoms with Crippen molar-refractivity contribution >= 4 is 5.91 Å². The largest absolute Gasteiger partial charge is 0.497 e. The maximum absolute atomic E-state index is 13.1. The van der Waals surface area contributed by atoms with Crippen molar-refractivity contribution in [3.63, 3.8) is 0 Å². The van der Waals surface area contributed by atoms with Crippen molar-refractivity contribution < 1.29 is 9.53 Å². The van der Waals surface area contributed by atoms with Crippen LogP contribution in [0.15, 0.2) is 42.7 Å². The first-order chi connectivity index (χ1) is 15.0. The van der Waals surface area contributed by atoms with Crippen molar-refractivity contribution in [3.05, 3.63) is 54.0 Å². The Bertz CT molecular complexity index is 1070. The number of nitrogens with zero attached hydrogens (tertiary/aromatic N) is 6. The molecule has 0 bridgehead atoms. The minimum Gasteiger partial charge on any atom is -0.497 e. The van der Waals surface area contributed by atoms with Crippen molar-refractivity contribution in [1.29, 1.82) is 0 Å². The second-order valence-electron chi connectivity index (χ2n) is 7.95. The van der Waals surface area contributed by atoms with E-state index in [1.165, 1.54) is 0 Å². The van der Waals surface area contributed by atoms with Crippen LogP contribution in [0.5, 0.6) is 5.75 Å². The molecule has 0 saturated carbocycles. The van der Waals surface area contributed by atoms with Crippen LogP contribution >= 0.6 is 0 Å². The molecule has 1 fully saturated rings. The third kappa shape index (κ3) is 4.29. The summed E-state index contributed by atoms with van der Waals surface area (Å²) in [6, 6.07) is 10.0. The molecule has 0 unspecified atom stereocenters. The van der Waals surface area contributed by atoms with Crippen molar-refractivity contribution in [2.75, 3.05) is 33.3 Å². The molecule has 8 nitrogen and oxygen atoms in total. The molecule has 1 saturated heterocycles. The molecule has 0 atom stereocenters. The topological polar surface area (TPSA) is 76.4 Å². The van der Waals surface area contributed by atoms with E-state index in [0.29, 0.717) is 17.6 Å². The van der Waals surface area contributed by atoms with Crippen molar-refractivity contribution in [1.82, 2.24) is 29.5 Å². The number of piperazine rings is 1. The monoisotopic (exact) mass is 420 g/mol. The molecule has 1 aliphatic rings. The highest BCUT2D eigenvalue weighted by Crippen LogP contribution is 2.23. The maximum atomic E-state index is 13.1. The molecule has 0 N–H and O–H groups in total. The molecular formula is C23H28N6O2. The number of methoxy groups -OCH3 is 1. The summed E-state index contributed by atoms with van der Waals surface area (Å²) in [7, 11) is 1.64. The number of ether oxygens (including phenoxy) is 1. The fraction of sp³-hybridized carbons (Fsp3) is 0.391. The number of benzene rings is 1. The van der Waals surface area contributed by atoms with Gasteiger partial charge in [0.15, 0.2) is 0 Å². The number of aromatic nitrogens is 4. The molecule has 0 radical (unpaired) electrons. The highest BCUT2D eigenvalue weighted by atomic mass is 16.5. The molecule has 31 heavy (non-hydrogen) atoms.